The normalized spacial score (nSPS) is 20.6. The number of hydrogen-bond donors (Lipinski definition) is 2. The summed E-state index contributed by atoms with van der Waals surface area (Å²) >= 11 is 12.3. The number of carbonyl (C=O) groups excluding carboxylic acids is 1. The Balaban J connectivity index is 1.56. The minimum atomic E-state index is -0.634. The summed E-state index contributed by atoms with van der Waals surface area (Å²) in [5.74, 6) is 0.695. The molecule has 1 aliphatic heterocycles. The number of nitrogens with zero attached hydrogens (tertiary/aromatic N) is 1. The van der Waals surface area contributed by atoms with Crippen LogP contribution in [0.4, 0.5) is 5.69 Å². The number of ether oxygens (including phenoxy) is 2. The van der Waals surface area contributed by atoms with Crippen molar-refractivity contribution in [3.8, 4) is 11.5 Å². The zero-order chi connectivity index (χ0) is 22.7. The van der Waals surface area contributed by atoms with Crippen LogP contribution in [0.3, 0.4) is 0 Å². The van der Waals surface area contributed by atoms with Crippen LogP contribution in [0.1, 0.15) is 49.9 Å². The maximum absolute atomic E-state index is 12.9. The van der Waals surface area contributed by atoms with Gasteiger partial charge in [0.25, 0.3) is 5.91 Å². The van der Waals surface area contributed by atoms with Gasteiger partial charge in [-0.3, -0.25) is 20.1 Å². The predicted octanol–water partition coefficient (Wildman–Crippen LogP) is 5.54. The van der Waals surface area contributed by atoms with Gasteiger partial charge in [-0.15, -0.1) is 0 Å². The van der Waals surface area contributed by atoms with Crippen molar-refractivity contribution in [2.75, 3.05) is 11.9 Å². The Kier molecular flexibility index (Phi) is 6.79. The average Bonchev–Trinajstić information content (AvgIpc) is 3.39. The second-order valence-electron chi connectivity index (χ2n) is 8.25. The standard InChI is InChI=1S/C23H25Cl2N3O4/c1-14-10-23(2,32-28-14)13-30-20-9-15(7-8-19(20)31-16-5-3-4-6-16)22(29)27-21-17(24)11-26-12-18(21)25/h7-12,16,28H,3-6,13H2,1-2H3,(H,26,27,29). The zero-order valence-corrected chi connectivity index (χ0v) is 19.4. The molecule has 1 saturated carbocycles. The van der Waals surface area contributed by atoms with Gasteiger partial charge >= 0.3 is 0 Å². The monoisotopic (exact) mass is 477 g/mol. The molecule has 1 amide bonds. The van der Waals surface area contributed by atoms with E-state index in [0.29, 0.717) is 22.7 Å². The third-order valence-electron chi connectivity index (χ3n) is 5.37. The van der Waals surface area contributed by atoms with E-state index in [1.807, 2.05) is 19.9 Å². The molecule has 1 aliphatic carbocycles. The topological polar surface area (TPSA) is 81.7 Å². The Hall–Kier alpha value is -2.48. The minimum absolute atomic E-state index is 0.147. The quantitative estimate of drug-likeness (QED) is 0.544. The van der Waals surface area contributed by atoms with Crippen LogP contribution in [0.2, 0.25) is 10.0 Å². The largest absolute Gasteiger partial charge is 0.487 e. The predicted molar refractivity (Wildman–Crippen MR) is 123 cm³/mol. The lowest BCUT2D eigenvalue weighted by molar-refractivity contribution is -0.0527. The van der Waals surface area contributed by atoms with Crippen LogP contribution in [0.25, 0.3) is 0 Å². The van der Waals surface area contributed by atoms with Crippen molar-refractivity contribution in [3.63, 3.8) is 0 Å². The van der Waals surface area contributed by atoms with Gasteiger partial charge in [-0.05, 0) is 63.8 Å². The molecular formula is C23H25Cl2N3O4. The molecule has 1 atom stereocenters. The highest BCUT2D eigenvalue weighted by atomic mass is 35.5. The van der Waals surface area contributed by atoms with E-state index in [9.17, 15) is 4.79 Å². The fourth-order valence-electron chi connectivity index (χ4n) is 3.77. The third kappa shape index (κ3) is 5.28. The molecule has 1 aromatic carbocycles. The van der Waals surface area contributed by atoms with Crippen molar-refractivity contribution in [2.24, 2.45) is 0 Å². The fourth-order valence-corrected chi connectivity index (χ4v) is 4.23. The number of hydrogen-bond acceptors (Lipinski definition) is 6. The smallest absolute Gasteiger partial charge is 0.255 e. The first-order chi connectivity index (χ1) is 15.3. The van der Waals surface area contributed by atoms with Crippen LogP contribution in [0.15, 0.2) is 42.4 Å². The fraction of sp³-hybridized carbons (Fsp3) is 0.391. The van der Waals surface area contributed by atoms with Gasteiger partial charge in [0, 0.05) is 23.7 Å². The van der Waals surface area contributed by atoms with E-state index < -0.39 is 5.60 Å². The van der Waals surface area contributed by atoms with E-state index in [4.69, 9.17) is 37.5 Å². The molecule has 2 aliphatic rings. The summed E-state index contributed by atoms with van der Waals surface area (Å²) in [6, 6.07) is 5.11. The van der Waals surface area contributed by atoms with Gasteiger partial charge in [0.05, 0.1) is 21.8 Å². The van der Waals surface area contributed by atoms with Crippen LogP contribution in [-0.4, -0.2) is 29.2 Å². The van der Waals surface area contributed by atoms with Gasteiger partial charge in [0.15, 0.2) is 11.5 Å². The number of benzene rings is 1. The highest BCUT2D eigenvalue weighted by Gasteiger charge is 2.30. The molecule has 1 aromatic heterocycles. The summed E-state index contributed by atoms with van der Waals surface area (Å²) < 4.78 is 12.3. The molecule has 0 saturated heterocycles. The van der Waals surface area contributed by atoms with E-state index >= 15 is 0 Å². The summed E-state index contributed by atoms with van der Waals surface area (Å²) in [5, 5.41) is 3.25. The number of pyridine rings is 1. The lowest BCUT2D eigenvalue weighted by Gasteiger charge is -2.23. The van der Waals surface area contributed by atoms with Crippen molar-refractivity contribution in [3.05, 3.63) is 58.0 Å². The summed E-state index contributed by atoms with van der Waals surface area (Å²) in [6.45, 7) is 4.07. The number of carbonyl (C=O) groups is 1. The molecule has 32 heavy (non-hydrogen) atoms. The van der Waals surface area contributed by atoms with Crippen LogP contribution >= 0.6 is 23.2 Å². The first kappa shape index (κ1) is 22.7. The number of rotatable bonds is 7. The Bertz CT molecular complexity index is 1020. The Morgan fingerprint density at radius 2 is 1.97 bits per heavy atom. The average molecular weight is 478 g/mol. The molecule has 7 nitrogen and oxygen atoms in total. The van der Waals surface area contributed by atoms with Gasteiger partial charge in [0.2, 0.25) is 0 Å². The summed E-state index contributed by atoms with van der Waals surface area (Å²) in [5.41, 5.74) is 3.81. The molecule has 2 aromatic rings. The number of anilines is 1. The molecule has 1 fully saturated rings. The van der Waals surface area contributed by atoms with E-state index in [1.165, 1.54) is 12.4 Å². The molecular weight excluding hydrogens is 453 g/mol. The highest BCUT2D eigenvalue weighted by molar-refractivity contribution is 6.39. The Morgan fingerprint density at radius 3 is 2.62 bits per heavy atom. The summed E-state index contributed by atoms with van der Waals surface area (Å²) in [7, 11) is 0. The van der Waals surface area contributed by atoms with Gasteiger partial charge in [-0.1, -0.05) is 23.2 Å². The Labute approximate surface area is 197 Å². The number of hydroxylamine groups is 1. The van der Waals surface area contributed by atoms with E-state index in [0.717, 1.165) is 31.4 Å². The number of halogens is 2. The minimum Gasteiger partial charge on any atom is -0.487 e. The second-order valence-corrected chi connectivity index (χ2v) is 9.07. The Morgan fingerprint density at radius 1 is 1.25 bits per heavy atom. The van der Waals surface area contributed by atoms with Crippen molar-refractivity contribution in [1.29, 1.82) is 0 Å². The molecule has 9 heteroatoms. The third-order valence-corrected chi connectivity index (χ3v) is 5.95. The van der Waals surface area contributed by atoms with Crippen LogP contribution in [0.5, 0.6) is 11.5 Å². The second kappa shape index (κ2) is 9.57. The van der Waals surface area contributed by atoms with Crippen molar-refractivity contribution < 1.29 is 19.1 Å². The lowest BCUT2D eigenvalue weighted by Crippen LogP contribution is -2.33. The zero-order valence-electron chi connectivity index (χ0n) is 17.9. The summed E-state index contributed by atoms with van der Waals surface area (Å²) in [4.78, 5) is 22.4. The first-order valence-electron chi connectivity index (χ1n) is 10.5. The SMILES string of the molecule is CC1=CC(C)(COc2cc(C(=O)Nc3c(Cl)cncc3Cl)ccc2OC2CCCC2)ON1. The molecule has 0 radical (unpaired) electrons. The molecule has 2 N–H and O–H groups in total. The number of aromatic nitrogens is 1. The van der Waals surface area contributed by atoms with Gasteiger partial charge in [-0.2, -0.15) is 0 Å². The maximum Gasteiger partial charge on any atom is 0.255 e. The van der Waals surface area contributed by atoms with Crippen LogP contribution < -0.4 is 20.3 Å². The molecule has 0 spiro atoms. The van der Waals surface area contributed by atoms with E-state index in [1.54, 1.807) is 18.2 Å². The van der Waals surface area contributed by atoms with E-state index in [2.05, 4.69) is 15.8 Å². The number of nitrogens with one attached hydrogen (secondary N) is 2. The molecule has 1 unspecified atom stereocenters. The first-order valence-corrected chi connectivity index (χ1v) is 11.3. The van der Waals surface area contributed by atoms with Gasteiger partial charge in [0.1, 0.15) is 12.2 Å². The molecule has 4 rings (SSSR count). The summed E-state index contributed by atoms with van der Waals surface area (Å²) in [6.07, 6.45) is 9.25. The van der Waals surface area contributed by atoms with E-state index in [-0.39, 0.29) is 28.7 Å². The van der Waals surface area contributed by atoms with Gasteiger partial charge < -0.3 is 14.8 Å². The highest BCUT2D eigenvalue weighted by Crippen LogP contribution is 2.35. The van der Waals surface area contributed by atoms with Crippen molar-refractivity contribution >= 4 is 34.8 Å². The molecule has 2 heterocycles. The van der Waals surface area contributed by atoms with Crippen LogP contribution in [-0.2, 0) is 4.84 Å². The van der Waals surface area contributed by atoms with Crippen molar-refractivity contribution in [2.45, 2.75) is 51.2 Å². The molecule has 170 valence electrons. The number of amides is 1. The van der Waals surface area contributed by atoms with Gasteiger partial charge in [-0.25, -0.2) is 0 Å². The molecule has 0 bridgehead atoms. The lowest BCUT2D eigenvalue weighted by atomic mass is 10.1. The number of allylic oxidation sites excluding steroid dienone is 1. The maximum atomic E-state index is 12.9. The van der Waals surface area contributed by atoms with Crippen LogP contribution in [0, 0.1) is 0 Å². The van der Waals surface area contributed by atoms with Crippen molar-refractivity contribution in [1.82, 2.24) is 10.5 Å².